The van der Waals surface area contributed by atoms with Crippen LogP contribution in [0, 0.1) is 0 Å². The van der Waals surface area contributed by atoms with Crippen molar-refractivity contribution in [3.63, 3.8) is 0 Å². The van der Waals surface area contributed by atoms with Crippen molar-refractivity contribution in [3.05, 3.63) is 41.7 Å². The second kappa shape index (κ2) is 9.33. The quantitative estimate of drug-likeness (QED) is 0.455. The maximum Gasteiger partial charge on any atom is 0.413 e. The van der Waals surface area contributed by atoms with Crippen LogP contribution in [0.25, 0.3) is 0 Å². The molecule has 0 atom stereocenters. The number of hydrogen-bond acceptors (Lipinski definition) is 9. The van der Waals surface area contributed by atoms with E-state index in [2.05, 4.69) is 24.7 Å². The molecule has 0 aliphatic carbocycles. The van der Waals surface area contributed by atoms with Crippen LogP contribution in [0.5, 0.6) is 0 Å². The summed E-state index contributed by atoms with van der Waals surface area (Å²) < 4.78 is 13.9. The number of carbonyl (C=O) groups is 2. The van der Waals surface area contributed by atoms with E-state index in [0.29, 0.717) is 0 Å². The van der Waals surface area contributed by atoms with E-state index in [0.717, 1.165) is 17.1 Å². The smallest absolute Gasteiger partial charge is 0.413 e. The summed E-state index contributed by atoms with van der Waals surface area (Å²) in [6.45, 7) is 1.95. The lowest BCUT2D eigenvalue weighted by Gasteiger charge is -2.04. The van der Waals surface area contributed by atoms with Crippen LogP contribution >= 0.6 is 11.5 Å². The SMILES string of the molecule is CCOC(=O)C(=NOC)c1nsc(NC(=O)OCc2ccccc2)n1. The van der Waals surface area contributed by atoms with Crippen LogP contribution in [0.15, 0.2) is 35.5 Å². The van der Waals surface area contributed by atoms with Gasteiger partial charge in [-0.05, 0) is 12.5 Å². The Morgan fingerprint density at radius 1 is 1.24 bits per heavy atom. The summed E-state index contributed by atoms with van der Waals surface area (Å²) in [5, 5.41) is 6.15. The predicted molar refractivity (Wildman–Crippen MR) is 90.3 cm³/mol. The molecule has 1 N–H and O–H groups in total. The summed E-state index contributed by atoms with van der Waals surface area (Å²) in [6, 6.07) is 9.24. The van der Waals surface area contributed by atoms with Crippen molar-refractivity contribution in [3.8, 4) is 0 Å². The summed E-state index contributed by atoms with van der Waals surface area (Å²) in [6.07, 6.45) is -0.687. The van der Waals surface area contributed by atoms with E-state index >= 15 is 0 Å². The monoisotopic (exact) mass is 364 g/mol. The van der Waals surface area contributed by atoms with Crippen molar-refractivity contribution in [2.75, 3.05) is 19.0 Å². The molecule has 2 aromatic rings. The fourth-order valence-corrected chi connectivity index (χ4v) is 2.23. The van der Waals surface area contributed by atoms with Gasteiger partial charge in [0.15, 0.2) is 0 Å². The van der Waals surface area contributed by atoms with Crippen LogP contribution in [0.2, 0.25) is 0 Å². The molecule has 0 saturated carbocycles. The van der Waals surface area contributed by atoms with Crippen LogP contribution in [-0.2, 0) is 25.7 Å². The molecule has 0 bridgehead atoms. The molecule has 25 heavy (non-hydrogen) atoms. The number of nitrogens with zero attached hydrogens (tertiary/aromatic N) is 3. The Morgan fingerprint density at radius 2 is 2.00 bits per heavy atom. The van der Waals surface area contributed by atoms with Crippen LogP contribution in [0.1, 0.15) is 18.3 Å². The van der Waals surface area contributed by atoms with Crippen LogP contribution in [-0.4, -0.2) is 40.8 Å². The Morgan fingerprint density at radius 3 is 2.68 bits per heavy atom. The van der Waals surface area contributed by atoms with E-state index in [9.17, 15) is 9.59 Å². The maximum atomic E-state index is 11.8. The molecule has 0 aliphatic rings. The van der Waals surface area contributed by atoms with Gasteiger partial charge >= 0.3 is 12.1 Å². The average molecular weight is 364 g/mol. The molecular formula is C15H16N4O5S. The minimum absolute atomic E-state index is 0.0105. The molecule has 1 aromatic carbocycles. The van der Waals surface area contributed by atoms with Gasteiger partial charge in [0.1, 0.15) is 13.7 Å². The molecule has 0 unspecified atom stereocenters. The third-order valence-corrected chi connectivity index (χ3v) is 3.34. The van der Waals surface area contributed by atoms with E-state index in [-0.39, 0.29) is 29.9 Å². The van der Waals surface area contributed by atoms with Crippen molar-refractivity contribution in [2.45, 2.75) is 13.5 Å². The first-order valence-electron chi connectivity index (χ1n) is 7.24. The normalized spacial score (nSPS) is 10.9. The largest absolute Gasteiger partial charge is 0.461 e. The number of nitrogens with one attached hydrogen (secondary N) is 1. The molecule has 9 nitrogen and oxygen atoms in total. The zero-order valence-electron chi connectivity index (χ0n) is 13.6. The molecule has 0 saturated heterocycles. The number of aromatic nitrogens is 2. The summed E-state index contributed by atoms with van der Waals surface area (Å²) >= 11 is 0.872. The zero-order chi connectivity index (χ0) is 18.1. The third kappa shape index (κ3) is 5.53. The molecule has 0 aliphatic heterocycles. The first-order chi connectivity index (χ1) is 12.1. The first-order valence-corrected chi connectivity index (χ1v) is 8.01. The fraction of sp³-hybridized carbons (Fsp3) is 0.267. The maximum absolute atomic E-state index is 11.8. The number of rotatable bonds is 7. The first kappa shape index (κ1) is 18.3. The Hall–Kier alpha value is -3.01. The van der Waals surface area contributed by atoms with E-state index in [4.69, 9.17) is 9.47 Å². The topological polar surface area (TPSA) is 112 Å². The van der Waals surface area contributed by atoms with Gasteiger partial charge in [0.2, 0.25) is 16.7 Å². The summed E-state index contributed by atoms with van der Waals surface area (Å²) in [5.41, 5.74) is 0.665. The summed E-state index contributed by atoms with van der Waals surface area (Å²) in [4.78, 5) is 32.2. The van der Waals surface area contributed by atoms with Crippen molar-refractivity contribution < 1.29 is 23.9 Å². The van der Waals surface area contributed by atoms with Gasteiger partial charge in [0.25, 0.3) is 0 Å². The lowest BCUT2D eigenvalue weighted by Crippen LogP contribution is -2.20. The predicted octanol–water partition coefficient (Wildman–Crippen LogP) is 2.20. The Labute approximate surface area is 147 Å². The number of oxime groups is 1. The van der Waals surface area contributed by atoms with Crippen LogP contribution in [0.4, 0.5) is 9.93 Å². The van der Waals surface area contributed by atoms with Gasteiger partial charge < -0.3 is 14.3 Å². The second-order valence-electron chi connectivity index (χ2n) is 4.45. The number of carbonyl (C=O) groups excluding carboxylic acids is 2. The molecule has 0 radical (unpaired) electrons. The number of ether oxygens (including phenoxy) is 2. The van der Waals surface area contributed by atoms with Gasteiger partial charge in [-0.25, -0.2) is 9.59 Å². The van der Waals surface area contributed by atoms with Gasteiger partial charge in [-0.15, -0.1) is 0 Å². The highest BCUT2D eigenvalue weighted by molar-refractivity contribution is 7.10. The molecule has 0 fully saturated rings. The zero-order valence-corrected chi connectivity index (χ0v) is 14.4. The lowest BCUT2D eigenvalue weighted by molar-refractivity contribution is -0.135. The molecule has 2 rings (SSSR count). The minimum Gasteiger partial charge on any atom is -0.461 e. The Kier molecular flexibility index (Phi) is 6.84. The number of amides is 1. The van der Waals surface area contributed by atoms with Crippen LogP contribution < -0.4 is 5.32 Å². The summed E-state index contributed by atoms with van der Waals surface area (Å²) in [7, 11) is 1.28. The molecule has 1 amide bonds. The number of esters is 1. The molecule has 10 heteroatoms. The molecule has 0 spiro atoms. The highest BCUT2D eigenvalue weighted by Crippen LogP contribution is 2.13. The van der Waals surface area contributed by atoms with Crippen molar-refractivity contribution in [2.24, 2.45) is 5.16 Å². The molecular weight excluding hydrogens is 348 g/mol. The number of benzene rings is 1. The lowest BCUT2D eigenvalue weighted by atomic mass is 10.2. The Bertz CT molecular complexity index is 747. The van der Waals surface area contributed by atoms with E-state index in [1.165, 1.54) is 7.11 Å². The highest BCUT2D eigenvalue weighted by atomic mass is 32.1. The van der Waals surface area contributed by atoms with E-state index < -0.39 is 12.1 Å². The molecule has 1 aromatic heterocycles. The molecule has 132 valence electrons. The van der Waals surface area contributed by atoms with Gasteiger partial charge in [-0.3, -0.25) is 5.32 Å². The highest BCUT2D eigenvalue weighted by Gasteiger charge is 2.22. The number of hydrogen-bond donors (Lipinski definition) is 1. The van der Waals surface area contributed by atoms with Gasteiger partial charge in [-0.2, -0.15) is 9.36 Å². The standard InChI is InChI=1S/C15H16N4O5S/c1-3-23-13(20)11(18-22-2)12-16-14(25-19-12)17-15(21)24-9-10-7-5-4-6-8-10/h4-8H,3,9H2,1-2H3,(H,16,17,19,21). The minimum atomic E-state index is -0.722. The Balaban J connectivity index is 1.96. The van der Waals surface area contributed by atoms with E-state index in [1.807, 2.05) is 30.3 Å². The second-order valence-corrected chi connectivity index (χ2v) is 5.20. The van der Waals surface area contributed by atoms with E-state index in [1.54, 1.807) is 6.92 Å². The summed E-state index contributed by atoms with van der Waals surface area (Å²) in [5.74, 6) is -0.732. The van der Waals surface area contributed by atoms with Crippen LogP contribution in [0.3, 0.4) is 0 Å². The van der Waals surface area contributed by atoms with Gasteiger partial charge in [0.05, 0.1) is 6.61 Å². The van der Waals surface area contributed by atoms with Gasteiger partial charge in [-0.1, -0.05) is 35.5 Å². The average Bonchev–Trinajstić information content (AvgIpc) is 3.07. The van der Waals surface area contributed by atoms with Crippen molar-refractivity contribution in [1.29, 1.82) is 0 Å². The fourth-order valence-electron chi connectivity index (χ4n) is 1.68. The van der Waals surface area contributed by atoms with Gasteiger partial charge in [0, 0.05) is 11.5 Å². The van der Waals surface area contributed by atoms with Crippen molar-refractivity contribution >= 4 is 34.4 Å². The number of anilines is 1. The molecule has 1 heterocycles. The third-order valence-electron chi connectivity index (χ3n) is 2.71. The van der Waals surface area contributed by atoms with Crippen molar-refractivity contribution in [1.82, 2.24) is 9.36 Å².